The van der Waals surface area contributed by atoms with Gasteiger partial charge in [0.2, 0.25) is 0 Å². The van der Waals surface area contributed by atoms with E-state index in [0.29, 0.717) is 25.2 Å². The molecule has 1 aromatic rings. The predicted molar refractivity (Wildman–Crippen MR) is 88.6 cm³/mol. The van der Waals surface area contributed by atoms with Crippen LogP contribution >= 0.6 is 0 Å². The molecule has 1 aliphatic rings. The molecule has 0 bridgehead atoms. The minimum Gasteiger partial charge on any atom is -0.491 e. The summed E-state index contributed by atoms with van der Waals surface area (Å²) < 4.78 is 11.4. The summed E-state index contributed by atoms with van der Waals surface area (Å²) in [5, 5.41) is 13.3. The van der Waals surface area contributed by atoms with E-state index in [0.717, 1.165) is 31.7 Å². The molecule has 0 amide bonds. The third kappa shape index (κ3) is 5.27. The lowest BCUT2D eigenvalue weighted by Gasteiger charge is -2.18. The highest BCUT2D eigenvalue weighted by Gasteiger charge is 2.16. The number of aliphatic hydroxyl groups excluding tert-OH is 1. The van der Waals surface area contributed by atoms with Gasteiger partial charge in [0.05, 0.1) is 6.10 Å². The summed E-state index contributed by atoms with van der Waals surface area (Å²) in [7, 11) is 0. The zero-order valence-electron chi connectivity index (χ0n) is 14.0. The molecule has 4 heteroatoms. The molecule has 1 aliphatic heterocycles. The maximum Gasteiger partial charge on any atom is 0.123 e. The summed E-state index contributed by atoms with van der Waals surface area (Å²) in [6, 6.07) is 6.25. The Morgan fingerprint density at radius 1 is 1.41 bits per heavy atom. The number of aryl methyl sites for hydroxylation is 1. The van der Waals surface area contributed by atoms with Crippen molar-refractivity contribution in [2.75, 3.05) is 26.3 Å². The lowest BCUT2D eigenvalue weighted by molar-refractivity contribution is 0.0878. The van der Waals surface area contributed by atoms with Gasteiger partial charge in [-0.2, -0.15) is 0 Å². The average molecular weight is 307 g/mol. The molecule has 0 aliphatic carbocycles. The number of rotatable bonds is 8. The van der Waals surface area contributed by atoms with E-state index in [1.807, 2.05) is 6.07 Å². The second-order valence-electron chi connectivity index (χ2n) is 6.45. The molecule has 4 nitrogen and oxygen atoms in total. The second kappa shape index (κ2) is 8.51. The van der Waals surface area contributed by atoms with Gasteiger partial charge in [-0.15, -0.1) is 0 Å². The van der Waals surface area contributed by atoms with Gasteiger partial charge in [-0.1, -0.05) is 26.0 Å². The van der Waals surface area contributed by atoms with Crippen molar-refractivity contribution >= 4 is 0 Å². The first-order valence-electron chi connectivity index (χ1n) is 8.30. The van der Waals surface area contributed by atoms with Gasteiger partial charge in [0.15, 0.2) is 0 Å². The number of aliphatic hydroxyl groups is 1. The van der Waals surface area contributed by atoms with Crippen molar-refractivity contribution in [1.82, 2.24) is 5.32 Å². The van der Waals surface area contributed by atoms with E-state index in [1.54, 1.807) is 0 Å². The van der Waals surface area contributed by atoms with Crippen molar-refractivity contribution in [3.05, 3.63) is 29.3 Å². The Bertz CT molecular complexity index is 456. The van der Waals surface area contributed by atoms with Crippen LogP contribution in [0.2, 0.25) is 0 Å². The molecule has 1 fully saturated rings. The van der Waals surface area contributed by atoms with Crippen molar-refractivity contribution in [3.63, 3.8) is 0 Å². The second-order valence-corrected chi connectivity index (χ2v) is 6.45. The molecular weight excluding hydrogens is 278 g/mol. The van der Waals surface area contributed by atoms with Crippen molar-refractivity contribution in [2.45, 2.75) is 51.7 Å². The van der Waals surface area contributed by atoms with Crippen LogP contribution in [0.15, 0.2) is 18.2 Å². The minimum atomic E-state index is -0.512. The number of ether oxygens (including phenoxy) is 2. The van der Waals surface area contributed by atoms with E-state index in [-0.39, 0.29) is 0 Å². The van der Waals surface area contributed by atoms with E-state index in [4.69, 9.17) is 9.47 Å². The highest BCUT2D eigenvalue weighted by atomic mass is 16.5. The SMILES string of the molecule is Cc1ccc(C(C)C)c(OC[C@H](O)CNC[C@H]2CCCO2)c1. The van der Waals surface area contributed by atoms with Crippen LogP contribution in [0.3, 0.4) is 0 Å². The van der Waals surface area contributed by atoms with Crippen LogP contribution in [0.4, 0.5) is 0 Å². The normalized spacial score (nSPS) is 19.6. The Morgan fingerprint density at radius 2 is 2.23 bits per heavy atom. The van der Waals surface area contributed by atoms with Crippen LogP contribution in [0.25, 0.3) is 0 Å². The van der Waals surface area contributed by atoms with Gasteiger partial charge in [0, 0.05) is 19.7 Å². The third-order valence-electron chi connectivity index (χ3n) is 4.00. The Kier molecular flexibility index (Phi) is 6.68. The number of hydrogen-bond donors (Lipinski definition) is 2. The Morgan fingerprint density at radius 3 is 2.91 bits per heavy atom. The van der Waals surface area contributed by atoms with Crippen molar-refractivity contribution in [3.8, 4) is 5.75 Å². The van der Waals surface area contributed by atoms with E-state index in [1.165, 1.54) is 11.1 Å². The molecule has 124 valence electrons. The summed E-state index contributed by atoms with van der Waals surface area (Å²) in [4.78, 5) is 0. The molecule has 0 spiro atoms. The maximum atomic E-state index is 10.1. The van der Waals surface area contributed by atoms with Gasteiger partial charge >= 0.3 is 0 Å². The molecule has 1 heterocycles. The van der Waals surface area contributed by atoms with E-state index < -0.39 is 6.10 Å². The first kappa shape index (κ1) is 17.3. The lowest BCUT2D eigenvalue weighted by Crippen LogP contribution is -2.35. The summed E-state index contributed by atoms with van der Waals surface area (Å²) >= 11 is 0. The lowest BCUT2D eigenvalue weighted by atomic mass is 10.0. The van der Waals surface area contributed by atoms with Gasteiger partial charge in [-0.05, 0) is 42.9 Å². The number of hydrogen-bond acceptors (Lipinski definition) is 4. The van der Waals surface area contributed by atoms with Crippen LogP contribution < -0.4 is 10.1 Å². The van der Waals surface area contributed by atoms with Gasteiger partial charge in [0.1, 0.15) is 18.5 Å². The molecule has 2 N–H and O–H groups in total. The fourth-order valence-electron chi connectivity index (χ4n) is 2.70. The van der Waals surface area contributed by atoms with Crippen molar-refractivity contribution in [2.24, 2.45) is 0 Å². The fraction of sp³-hybridized carbons (Fsp3) is 0.667. The zero-order chi connectivity index (χ0) is 15.9. The average Bonchev–Trinajstić information content (AvgIpc) is 2.98. The summed E-state index contributed by atoms with van der Waals surface area (Å²) in [6.07, 6.45) is 2.05. The molecule has 0 unspecified atom stereocenters. The van der Waals surface area contributed by atoms with Crippen LogP contribution in [0.5, 0.6) is 5.75 Å². The smallest absolute Gasteiger partial charge is 0.123 e. The molecule has 0 radical (unpaired) electrons. The standard InChI is InChI=1S/C18H29NO3/c1-13(2)17-7-6-14(3)9-18(17)22-12-15(20)10-19-11-16-5-4-8-21-16/h6-7,9,13,15-16,19-20H,4-5,8,10-12H2,1-3H3/t15-,16-/m1/s1. The van der Waals surface area contributed by atoms with Crippen LogP contribution in [0.1, 0.15) is 43.7 Å². The summed E-state index contributed by atoms with van der Waals surface area (Å²) in [5.74, 6) is 1.29. The van der Waals surface area contributed by atoms with Crippen molar-refractivity contribution < 1.29 is 14.6 Å². The molecule has 22 heavy (non-hydrogen) atoms. The van der Waals surface area contributed by atoms with E-state index in [2.05, 4.69) is 38.2 Å². The first-order chi connectivity index (χ1) is 10.6. The fourth-order valence-corrected chi connectivity index (χ4v) is 2.70. The Hall–Kier alpha value is -1.10. The monoisotopic (exact) mass is 307 g/mol. The summed E-state index contributed by atoms with van der Waals surface area (Å²) in [6.45, 7) is 8.86. The molecule has 1 saturated heterocycles. The number of nitrogens with one attached hydrogen (secondary N) is 1. The Labute approximate surface area is 133 Å². The molecule has 2 atom stereocenters. The minimum absolute atomic E-state index is 0.303. The predicted octanol–water partition coefficient (Wildman–Crippen LogP) is 2.63. The quantitative estimate of drug-likeness (QED) is 0.775. The molecule has 2 rings (SSSR count). The Balaban J connectivity index is 1.75. The van der Waals surface area contributed by atoms with Gasteiger partial charge in [-0.3, -0.25) is 0 Å². The molecule has 1 aromatic carbocycles. The highest BCUT2D eigenvalue weighted by Crippen LogP contribution is 2.27. The third-order valence-corrected chi connectivity index (χ3v) is 4.00. The largest absolute Gasteiger partial charge is 0.491 e. The first-order valence-corrected chi connectivity index (χ1v) is 8.30. The summed E-state index contributed by atoms with van der Waals surface area (Å²) in [5.41, 5.74) is 2.36. The van der Waals surface area contributed by atoms with Gasteiger partial charge in [-0.25, -0.2) is 0 Å². The van der Waals surface area contributed by atoms with Gasteiger partial charge in [0.25, 0.3) is 0 Å². The van der Waals surface area contributed by atoms with Crippen molar-refractivity contribution in [1.29, 1.82) is 0 Å². The topological polar surface area (TPSA) is 50.7 Å². The van der Waals surface area contributed by atoms with Crippen LogP contribution in [-0.4, -0.2) is 43.6 Å². The van der Waals surface area contributed by atoms with E-state index in [9.17, 15) is 5.11 Å². The molecular formula is C18H29NO3. The van der Waals surface area contributed by atoms with E-state index >= 15 is 0 Å². The zero-order valence-corrected chi connectivity index (χ0v) is 14.0. The molecule has 0 aromatic heterocycles. The molecule has 0 saturated carbocycles. The van der Waals surface area contributed by atoms with Crippen LogP contribution in [-0.2, 0) is 4.74 Å². The van der Waals surface area contributed by atoms with Gasteiger partial charge < -0.3 is 19.9 Å². The van der Waals surface area contributed by atoms with Crippen LogP contribution in [0, 0.1) is 6.92 Å². The highest BCUT2D eigenvalue weighted by molar-refractivity contribution is 5.39. The maximum absolute atomic E-state index is 10.1. The number of benzene rings is 1.